The summed E-state index contributed by atoms with van der Waals surface area (Å²) in [7, 11) is 1.61. The topological polar surface area (TPSA) is 96.1 Å². The van der Waals surface area contributed by atoms with E-state index in [1.165, 1.54) is 0 Å². The number of anilines is 1. The average molecular weight is 366 g/mol. The maximum Gasteiger partial charge on any atom is 0.248 e. The van der Waals surface area contributed by atoms with Crippen LogP contribution in [0.1, 0.15) is 18.9 Å². The number of rotatable bonds is 7. The van der Waals surface area contributed by atoms with Gasteiger partial charge in [-0.1, -0.05) is 24.3 Å². The van der Waals surface area contributed by atoms with Gasteiger partial charge in [-0.3, -0.25) is 14.9 Å². The van der Waals surface area contributed by atoms with Crippen LogP contribution in [0.25, 0.3) is 11.0 Å². The number of aryl methyl sites for hydroxylation is 1. The maximum absolute atomic E-state index is 12.3. The average Bonchev–Trinajstić information content (AvgIpc) is 3.08. The number of carbonyl (C=O) groups is 2. The highest BCUT2D eigenvalue weighted by atomic mass is 16.5. The van der Waals surface area contributed by atoms with E-state index in [1.807, 2.05) is 48.5 Å². The second kappa shape index (κ2) is 8.35. The molecule has 0 saturated carbocycles. The van der Waals surface area contributed by atoms with Gasteiger partial charge < -0.3 is 15.0 Å². The van der Waals surface area contributed by atoms with Crippen LogP contribution in [0.4, 0.5) is 5.95 Å². The van der Waals surface area contributed by atoms with E-state index in [4.69, 9.17) is 4.74 Å². The molecule has 1 aromatic heterocycles. The van der Waals surface area contributed by atoms with Gasteiger partial charge in [0, 0.05) is 6.42 Å². The summed E-state index contributed by atoms with van der Waals surface area (Å²) in [5, 5.41) is 5.40. The molecule has 0 spiro atoms. The highest BCUT2D eigenvalue weighted by Crippen LogP contribution is 2.14. The fraction of sp³-hybridized carbons (Fsp3) is 0.250. The first-order chi connectivity index (χ1) is 13.0. The molecule has 1 atom stereocenters. The van der Waals surface area contributed by atoms with E-state index >= 15 is 0 Å². The first-order valence-corrected chi connectivity index (χ1v) is 8.73. The Hall–Kier alpha value is -3.35. The molecule has 3 aromatic rings. The molecule has 3 N–H and O–H groups in total. The lowest BCUT2D eigenvalue weighted by atomic mass is 10.1. The van der Waals surface area contributed by atoms with Crippen LogP contribution in [0.15, 0.2) is 48.5 Å². The lowest BCUT2D eigenvalue weighted by Crippen LogP contribution is -2.41. The zero-order valence-corrected chi connectivity index (χ0v) is 15.3. The van der Waals surface area contributed by atoms with Crippen molar-refractivity contribution in [1.82, 2.24) is 15.3 Å². The number of aromatic nitrogens is 2. The van der Waals surface area contributed by atoms with Crippen LogP contribution in [0.3, 0.4) is 0 Å². The number of hydrogen-bond donors (Lipinski definition) is 3. The molecule has 0 aliphatic rings. The predicted molar refractivity (Wildman–Crippen MR) is 104 cm³/mol. The van der Waals surface area contributed by atoms with E-state index in [0.717, 1.165) is 22.3 Å². The van der Waals surface area contributed by atoms with Crippen molar-refractivity contribution < 1.29 is 14.3 Å². The number of carbonyl (C=O) groups excluding carboxylic acids is 2. The predicted octanol–water partition coefficient (Wildman–Crippen LogP) is 2.65. The molecular formula is C20H22N4O3. The fourth-order valence-electron chi connectivity index (χ4n) is 2.70. The number of amides is 2. The van der Waals surface area contributed by atoms with Crippen LogP contribution in [0.2, 0.25) is 0 Å². The summed E-state index contributed by atoms with van der Waals surface area (Å²) < 4.78 is 5.17. The summed E-state index contributed by atoms with van der Waals surface area (Å²) >= 11 is 0. The van der Waals surface area contributed by atoms with E-state index < -0.39 is 6.04 Å². The maximum atomic E-state index is 12.3. The summed E-state index contributed by atoms with van der Waals surface area (Å²) in [6.07, 6.45) is 0.858. The minimum absolute atomic E-state index is 0.190. The van der Waals surface area contributed by atoms with Crippen molar-refractivity contribution in [2.24, 2.45) is 0 Å². The molecule has 2 aromatic carbocycles. The standard InChI is InChI=1S/C20H22N4O3/c1-13(19(26)24-20-22-16-8-3-4-9-17(16)23-20)21-18(25)11-10-14-6-5-7-15(12-14)27-2/h3-9,12-13H,10-11H2,1-2H3,(H,21,25)(H2,22,23,24,26)/t13-/m1/s1. The smallest absolute Gasteiger partial charge is 0.248 e. The van der Waals surface area contributed by atoms with Crippen molar-refractivity contribution in [2.45, 2.75) is 25.8 Å². The van der Waals surface area contributed by atoms with Crippen molar-refractivity contribution in [3.8, 4) is 5.75 Å². The number of nitrogens with zero attached hydrogens (tertiary/aromatic N) is 1. The fourth-order valence-corrected chi connectivity index (χ4v) is 2.70. The van der Waals surface area contributed by atoms with Crippen LogP contribution >= 0.6 is 0 Å². The van der Waals surface area contributed by atoms with Gasteiger partial charge in [0.1, 0.15) is 11.8 Å². The number of hydrogen-bond acceptors (Lipinski definition) is 4. The first kappa shape index (κ1) is 18.4. The Morgan fingerprint density at radius 2 is 2.00 bits per heavy atom. The molecule has 3 rings (SSSR count). The second-order valence-corrected chi connectivity index (χ2v) is 6.23. The first-order valence-electron chi connectivity index (χ1n) is 8.73. The minimum atomic E-state index is -0.670. The summed E-state index contributed by atoms with van der Waals surface area (Å²) in [6, 6.07) is 14.4. The summed E-state index contributed by atoms with van der Waals surface area (Å²) in [4.78, 5) is 31.7. The van der Waals surface area contributed by atoms with Crippen LogP contribution in [-0.2, 0) is 16.0 Å². The Morgan fingerprint density at radius 3 is 2.78 bits per heavy atom. The van der Waals surface area contributed by atoms with Crippen LogP contribution in [-0.4, -0.2) is 34.9 Å². The number of aromatic amines is 1. The Kier molecular flexibility index (Phi) is 5.71. The third kappa shape index (κ3) is 4.84. The van der Waals surface area contributed by atoms with Crippen molar-refractivity contribution in [1.29, 1.82) is 0 Å². The number of nitrogens with one attached hydrogen (secondary N) is 3. The van der Waals surface area contributed by atoms with Crippen LogP contribution < -0.4 is 15.4 Å². The number of ether oxygens (including phenoxy) is 1. The monoisotopic (exact) mass is 366 g/mol. The van der Waals surface area contributed by atoms with Crippen molar-refractivity contribution in [3.05, 3.63) is 54.1 Å². The van der Waals surface area contributed by atoms with Gasteiger partial charge in [-0.25, -0.2) is 4.98 Å². The number of para-hydroxylation sites is 2. The highest BCUT2D eigenvalue weighted by Gasteiger charge is 2.17. The molecule has 1 heterocycles. The molecule has 0 aliphatic carbocycles. The largest absolute Gasteiger partial charge is 0.497 e. The highest BCUT2D eigenvalue weighted by molar-refractivity contribution is 5.96. The quantitative estimate of drug-likeness (QED) is 0.599. The number of H-pyrrole nitrogens is 1. The SMILES string of the molecule is COc1cccc(CCC(=O)N[C@H](C)C(=O)Nc2nc3ccccc3[nH]2)c1. The molecule has 7 nitrogen and oxygen atoms in total. The van der Waals surface area contributed by atoms with Crippen molar-refractivity contribution in [2.75, 3.05) is 12.4 Å². The molecule has 140 valence electrons. The number of fused-ring (bicyclic) bond motifs is 1. The van der Waals surface area contributed by atoms with Crippen LogP contribution in [0, 0.1) is 0 Å². The minimum Gasteiger partial charge on any atom is -0.497 e. The molecule has 27 heavy (non-hydrogen) atoms. The summed E-state index contributed by atoms with van der Waals surface area (Å²) in [6.45, 7) is 1.64. The Morgan fingerprint density at radius 1 is 1.19 bits per heavy atom. The van der Waals surface area contributed by atoms with Gasteiger partial charge >= 0.3 is 0 Å². The van der Waals surface area contributed by atoms with Gasteiger partial charge in [0.05, 0.1) is 18.1 Å². The van der Waals surface area contributed by atoms with Crippen molar-refractivity contribution >= 4 is 28.8 Å². The number of imidazole rings is 1. The van der Waals surface area contributed by atoms with Gasteiger partial charge in [0.2, 0.25) is 17.8 Å². The Bertz CT molecular complexity index is 918. The van der Waals surface area contributed by atoms with E-state index in [2.05, 4.69) is 20.6 Å². The molecule has 2 amide bonds. The molecule has 7 heteroatoms. The zero-order valence-electron chi connectivity index (χ0n) is 15.3. The van der Waals surface area contributed by atoms with Gasteiger partial charge in [-0.2, -0.15) is 0 Å². The normalized spacial score (nSPS) is 11.8. The summed E-state index contributed by atoms with van der Waals surface area (Å²) in [5.41, 5.74) is 2.61. The van der Waals surface area contributed by atoms with Crippen molar-refractivity contribution in [3.63, 3.8) is 0 Å². The second-order valence-electron chi connectivity index (χ2n) is 6.23. The molecule has 0 saturated heterocycles. The number of benzene rings is 2. The lowest BCUT2D eigenvalue weighted by molar-refractivity contribution is -0.126. The Labute approximate surface area is 157 Å². The van der Waals surface area contributed by atoms with E-state index in [9.17, 15) is 9.59 Å². The zero-order chi connectivity index (χ0) is 19.2. The van der Waals surface area contributed by atoms with Gasteiger partial charge in [0.15, 0.2) is 0 Å². The number of methoxy groups -OCH3 is 1. The van der Waals surface area contributed by atoms with Gasteiger partial charge in [0.25, 0.3) is 0 Å². The third-order valence-corrected chi connectivity index (χ3v) is 4.18. The van der Waals surface area contributed by atoms with Gasteiger partial charge in [-0.05, 0) is 43.2 Å². The molecule has 0 fully saturated rings. The summed E-state index contributed by atoms with van der Waals surface area (Å²) in [5.74, 6) is 0.596. The third-order valence-electron chi connectivity index (χ3n) is 4.18. The van der Waals surface area contributed by atoms with E-state index in [-0.39, 0.29) is 18.2 Å². The van der Waals surface area contributed by atoms with E-state index in [1.54, 1.807) is 14.0 Å². The molecule has 0 aliphatic heterocycles. The molecule has 0 radical (unpaired) electrons. The Balaban J connectivity index is 1.50. The molecule has 0 bridgehead atoms. The van der Waals surface area contributed by atoms with Crippen LogP contribution in [0.5, 0.6) is 5.75 Å². The van der Waals surface area contributed by atoms with E-state index in [0.29, 0.717) is 12.4 Å². The molecular weight excluding hydrogens is 344 g/mol. The van der Waals surface area contributed by atoms with Gasteiger partial charge in [-0.15, -0.1) is 0 Å². The molecule has 0 unspecified atom stereocenters. The lowest BCUT2D eigenvalue weighted by Gasteiger charge is -2.13.